The summed E-state index contributed by atoms with van der Waals surface area (Å²) in [6.07, 6.45) is 9.08. The first-order valence-electron chi connectivity index (χ1n) is 3.91. The highest BCUT2D eigenvalue weighted by Gasteiger charge is 2.07. The summed E-state index contributed by atoms with van der Waals surface area (Å²) in [6, 6.07) is 0.111. The van der Waals surface area contributed by atoms with Gasteiger partial charge in [-0.3, -0.25) is 0 Å². The fraction of sp³-hybridized carbons (Fsp3) is 0.556. The van der Waals surface area contributed by atoms with Crippen LogP contribution >= 0.6 is 12.4 Å². The zero-order chi connectivity index (χ0) is 7.40. The Morgan fingerprint density at radius 1 is 1.55 bits per heavy atom. The normalized spacial score (nSPS) is 19.5. The van der Waals surface area contributed by atoms with E-state index in [1.165, 1.54) is 31.3 Å². The second-order valence-electron chi connectivity index (χ2n) is 2.79. The van der Waals surface area contributed by atoms with Gasteiger partial charge in [0.05, 0.1) is 0 Å². The van der Waals surface area contributed by atoms with Gasteiger partial charge in [-0.25, -0.2) is 0 Å². The SMILES string of the molecule is C=C[C@@H](N)C1=CCCCC1.Cl. The van der Waals surface area contributed by atoms with Crippen LogP contribution in [0.4, 0.5) is 0 Å². The lowest BCUT2D eigenvalue weighted by molar-refractivity contribution is 0.670. The van der Waals surface area contributed by atoms with Crippen molar-refractivity contribution in [2.45, 2.75) is 31.7 Å². The maximum absolute atomic E-state index is 5.76. The predicted molar refractivity (Wildman–Crippen MR) is 52.0 cm³/mol. The maximum Gasteiger partial charge on any atom is 0.0437 e. The fourth-order valence-electron chi connectivity index (χ4n) is 1.32. The van der Waals surface area contributed by atoms with Gasteiger partial charge in [0.1, 0.15) is 0 Å². The molecule has 0 spiro atoms. The molecule has 2 heteroatoms. The van der Waals surface area contributed by atoms with Crippen LogP contribution in [0.25, 0.3) is 0 Å². The molecule has 2 N–H and O–H groups in total. The Morgan fingerprint density at radius 2 is 2.27 bits per heavy atom. The van der Waals surface area contributed by atoms with E-state index in [2.05, 4.69) is 12.7 Å². The van der Waals surface area contributed by atoms with Crippen molar-refractivity contribution in [3.63, 3.8) is 0 Å². The molecule has 0 heterocycles. The van der Waals surface area contributed by atoms with E-state index in [1.807, 2.05) is 6.08 Å². The van der Waals surface area contributed by atoms with Gasteiger partial charge >= 0.3 is 0 Å². The van der Waals surface area contributed by atoms with Crippen LogP contribution in [0.15, 0.2) is 24.3 Å². The number of hydrogen-bond donors (Lipinski definition) is 1. The summed E-state index contributed by atoms with van der Waals surface area (Å²) >= 11 is 0. The molecule has 0 radical (unpaired) electrons. The molecule has 64 valence electrons. The summed E-state index contributed by atoms with van der Waals surface area (Å²) in [5, 5.41) is 0. The molecule has 11 heavy (non-hydrogen) atoms. The molecule has 0 fully saturated rings. The van der Waals surface area contributed by atoms with Crippen molar-refractivity contribution in [1.82, 2.24) is 0 Å². The molecule has 0 amide bonds. The van der Waals surface area contributed by atoms with E-state index < -0.39 is 0 Å². The van der Waals surface area contributed by atoms with Gasteiger partial charge in [-0.05, 0) is 25.7 Å². The highest BCUT2D eigenvalue weighted by molar-refractivity contribution is 5.85. The van der Waals surface area contributed by atoms with Crippen LogP contribution in [0.5, 0.6) is 0 Å². The summed E-state index contributed by atoms with van der Waals surface area (Å²) in [6.45, 7) is 3.67. The Bertz CT molecular complexity index is 152. The van der Waals surface area contributed by atoms with Crippen molar-refractivity contribution in [1.29, 1.82) is 0 Å². The van der Waals surface area contributed by atoms with Crippen LogP contribution in [0, 0.1) is 0 Å². The Balaban J connectivity index is 0.000001000. The molecule has 1 aliphatic carbocycles. The number of hydrogen-bond acceptors (Lipinski definition) is 1. The maximum atomic E-state index is 5.76. The molecule has 0 saturated heterocycles. The third-order valence-electron chi connectivity index (χ3n) is 2.01. The first kappa shape index (κ1) is 10.7. The average Bonchev–Trinajstić information content (AvgIpc) is 2.05. The van der Waals surface area contributed by atoms with Crippen LogP contribution in [0.3, 0.4) is 0 Å². The minimum atomic E-state index is 0. The van der Waals surface area contributed by atoms with E-state index in [1.54, 1.807) is 0 Å². The molecule has 1 rings (SSSR count). The molecule has 0 unspecified atom stereocenters. The zero-order valence-electron chi connectivity index (χ0n) is 6.75. The van der Waals surface area contributed by atoms with E-state index in [4.69, 9.17) is 5.73 Å². The van der Waals surface area contributed by atoms with Gasteiger partial charge in [-0.2, -0.15) is 0 Å². The van der Waals surface area contributed by atoms with Crippen LogP contribution < -0.4 is 5.73 Å². The smallest absolute Gasteiger partial charge is 0.0437 e. The zero-order valence-corrected chi connectivity index (χ0v) is 7.57. The van der Waals surface area contributed by atoms with Gasteiger partial charge in [0.2, 0.25) is 0 Å². The molecule has 0 saturated carbocycles. The topological polar surface area (TPSA) is 26.0 Å². The van der Waals surface area contributed by atoms with E-state index in [-0.39, 0.29) is 18.4 Å². The highest BCUT2D eigenvalue weighted by Crippen LogP contribution is 2.19. The van der Waals surface area contributed by atoms with Crippen molar-refractivity contribution in [3.05, 3.63) is 24.3 Å². The number of halogens is 1. The minimum absolute atomic E-state index is 0. The first-order chi connectivity index (χ1) is 4.84. The molecule has 1 atom stereocenters. The van der Waals surface area contributed by atoms with Crippen molar-refractivity contribution in [2.75, 3.05) is 0 Å². The molecular formula is C9H16ClN. The van der Waals surface area contributed by atoms with Gasteiger partial charge in [-0.1, -0.05) is 17.7 Å². The lowest BCUT2D eigenvalue weighted by Gasteiger charge is -2.15. The van der Waals surface area contributed by atoms with E-state index in [0.717, 1.165) is 0 Å². The van der Waals surface area contributed by atoms with Gasteiger partial charge in [0.25, 0.3) is 0 Å². The predicted octanol–water partition coefficient (Wildman–Crippen LogP) is 2.42. The Morgan fingerprint density at radius 3 is 2.73 bits per heavy atom. The Kier molecular flexibility index (Phi) is 5.26. The molecule has 0 aliphatic heterocycles. The molecule has 1 nitrogen and oxygen atoms in total. The second kappa shape index (κ2) is 5.39. The Hall–Kier alpha value is -0.270. The summed E-state index contributed by atoms with van der Waals surface area (Å²) < 4.78 is 0. The van der Waals surface area contributed by atoms with Crippen molar-refractivity contribution >= 4 is 12.4 Å². The van der Waals surface area contributed by atoms with Crippen LogP contribution in [0.1, 0.15) is 25.7 Å². The molecule has 1 aliphatic rings. The number of nitrogens with two attached hydrogens (primary N) is 1. The standard InChI is InChI=1S/C9H15N.ClH/c1-2-9(10)8-6-4-3-5-7-8;/h2,6,9H,1,3-5,7,10H2;1H/t9-;/m1./s1. The number of allylic oxidation sites excluding steroid dienone is 1. The van der Waals surface area contributed by atoms with Crippen LogP contribution in [0.2, 0.25) is 0 Å². The largest absolute Gasteiger partial charge is 0.321 e. The summed E-state index contributed by atoms with van der Waals surface area (Å²) in [5.41, 5.74) is 7.14. The summed E-state index contributed by atoms with van der Waals surface area (Å²) in [7, 11) is 0. The van der Waals surface area contributed by atoms with E-state index in [0.29, 0.717) is 0 Å². The average molecular weight is 174 g/mol. The lowest BCUT2D eigenvalue weighted by atomic mass is 9.94. The third kappa shape index (κ3) is 3.08. The van der Waals surface area contributed by atoms with Crippen LogP contribution in [-0.2, 0) is 0 Å². The van der Waals surface area contributed by atoms with Gasteiger partial charge in [0, 0.05) is 6.04 Å². The summed E-state index contributed by atoms with van der Waals surface area (Å²) in [4.78, 5) is 0. The van der Waals surface area contributed by atoms with Gasteiger partial charge in [-0.15, -0.1) is 19.0 Å². The van der Waals surface area contributed by atoms with E-state index in [9.17, 15) is 0 Å². The van der Waals surface area contributed by atoms with Crippen LogP contribution in [-0.4, -0.2) is 6.04 Å². The van der Waals surface area contributed by atoms with Crippen molar-refractivity contribution in [3.8, 4) is 0 Å². The fourth-order valence-corrected chi connectivity index (χ4v) is 1.32. The van der Waals surface area contributed by atoms with E-state index >= 15 is 0 Å². The minimum Gasteiger partial charge on any atom is -0.321 e. The van der Waals surface area contributed by atoms with Gasteiger partial charge < -0.3 is 5.73 Å². The molecule has 0 aromatic heterocycles. The second-order valence-corrected chi connectivity index (χ2v) is 2.79. The first-order valence-corrected chi connectivity index (χ1v) is 3.91. The molecule has 0 aromatic rings. The monoisotopic (exact) mass is 173 g/mol. The highest BCUT2D eigenvalue weighted by atomic mass is 35.5. The Labute approximate surface area is 74.8 Å². The molecule has 0 aromatic carbocycles. The molecular weight excluding hydrogens is 158 g/mol. The van der Waals surface area contributed by atoms with Gasteiger partial charge in [0.15, 0.2) is 0 Å². The molecule has 0 bridgehead atoms. The quantitative estimate of drug-likeness (QED) is 0.638. The van der Waals surface area contributed by atoms with Crippen molar-refractivity contribution < 1.29 is 0 Å². The third-order valence-corrected chi connectivity index (χ3v) is 2.01. The lowest BCUT2D eigenvalue weighted by Crippen LogP contribution is -2.20. The van der Waals surface area contributed by atoms with Crippen molar-refractivity contribution in [2.24, 2.45) is 5.73 Å². The number of rotatable bonds is 2. The summed E-state index contributed by atoms with van der Waals surface area (Å²) in [5.74, 6) is 0.